The summed E-state index contributed by atoms with van der Waals surface area (Å²) in [6.07, 6.45) is 0.306. The summed E-state index contributed by atoms with van der Waals surface area (Å²) in [5, 5.41) is 16.3. The fourth-order valence-corrected chi connectivity index (χ4v) is 2.68. The van der Waals surface area contributed by atoms with Gasteiger partial charge in [-0.05, 0) is 31.2 Å². The molecular weight excluding hydrogens is 326 g/mol. The monoisotopic (exact) mass is 339 g/mol. The Hall–Kier alpha value is -2.84. The molecule has 2 aromatic carbocycles. The molecule has 0 aliphatic carbocycles. The number of oxime groups is 1. The molecular formula is C18H14ClN3O2. The molecule has 0 unspecified atom stereocenters. The summed E-state index contributed by atoms with van der Waals surface area (Å²) in [4.78, 5) is 18.0. The number of hydrogen-bond acceptors (Lipinski definition) is 4. The highest BCUT2D eigenvalue weighted by molar-refractivity contribution is 6.34. The van der Waals surface area contributed by atoms with Crippen molar-refractivity contribution in [1.82, 2.24) is 0 Å². The summed E-state index contributed by atoms with van der Waals surface area (Å²) in [6, 6.07) is 16.0. The topological polar surface area (TPSA) is 74.5 Å². The molecule has 0 fully saturated rings. The molecule has 120 valence electrons. The van der Waals surface area contributed by atoms with E-state index in [4.69, 9.17) is 21.7 Å². The average Bonchev–Trinajstić information content (AvgIpc) is 2.99. The van der Waals surface area contributed by atoms with Crippen LogP contribution in [-0.4, -0.2) is 17.2 Å². The summed E-state index contributed by atoms with van der Waals surface area (Å²) in [6.45, 7) is 1.67. The third-order valence-electron chi connectivity index (χ3n) is 3.78. The van der Waals surface area contributed by atoms with Gasteiger partial charge in [0.25, 0.3) is 5.91 Å². The minimum Gasteiger partial charge on any atom is -0.379 e. The Morgan fingerprint density at radius 2 is 2.12 bits per heavy atom. The Labute approximate surface area is 144 Å². The minimum atomic E-state index is -1.13. The molecule has 0 radical (unpaired) electrons. The molecule has 0 saturated heterocycles. The van der Waals surface area contributed by atoms with Crippen LogP contribution in [0.1, 0.15) is 24.5 Å². The molecule has 1 atom stereocenters. The fraction of sp³-hybridized carbons (Fsp3) is 0.167. The van der Waals surface area contributed by atoms with Gasteiger partial charge >= 0.3 is 0 Å². The lowest BCUT2D eigenvalue weighted by atomic mass is 9.95. The van der Waals surface area contributed by atoms with Gasteiger partial charge in [0.15, 0.2) is 0 Å². The Bertz CT molecular complexity index is 873. The van der Waals surface area contributed by atoms with E-state index in [1.807, 2.05) is 24.3 Å². The number of carbonyl (C=O) groups excluding carboxylic acids is 1. The lowest BCUT2D eigenvalue weighted by molar-refractivity contribution is -0.135. The van der Waals surface area contributed by atoms with Crippen LogP contribution < -0.4 is 5.32 Å². The second-order valence-corrected chi connectivity index (χ2v) is 6.07. The van der Waals surface area contributed by atoms with E-state index in [1.54, 1.807) is 37.3 Å². The number of anilines is 1. The van der Waals surface area contributed by atoms with Gasteiger partial charge < -0.3 is 10.2 Å². The van der Waals surface area contributed by atoms with Gasteiger partial charge in [-0.15, -0.1) is 0 Å². The molecule has 0 bridgehead atoms. The molecule has 1 heterocycles. The second-order valence-electron chi connectivity index (χ2n) is 5.66. The Balaban J connectivity index is 1.75. The number of benzene rings is 2. The van der Waals surface area contributed by atoms with Gasteiger partial charge in [0, 0.05) is 22.7 Å². The van der Waals surface area contributed by atoms with Crippen molar-refractivity contribution < 1.29 is 9.63 Å². The zero-order valence-corrected chi connectivity index (χ0v) is 13.7. The third kappa shape index (κ3) is 3.10. The highest BCUT2D eigenvalue weighted by atomic mass is 35.5. The van der Waals surface area contributed by atoms with Gasteiger partial charge in [0.05, 0.1) is 17.3 Å². The summed E-state index contributed by atoms with van der Waals surface area (Å²) in [5.41, 5.74) is 1.26. The van der Waals surface area contributed by atoms with E-state index in [1.165, 1.54) is 0 Å². The standard InChI is InChI=1S/C18H14ClN3O2/c1-18(17(23)21-13-6-4-5-12(9-13)11-20)10-16(22-24-18)14-7-2-3-8-15(14)19/h2-9H,10H2,1H3,(H,21,23)/t18-/m0/s1. The van der Waals surface area contributed by atoms with Crippen molar-refractivity contribution in [3.63, 3.8) is 0 Å². The summed E-state index contributed by atoms with van der Waals surface area (Å²) in [7, 11) is 0. The van der Waals surface area contributed by atoms with Crippen molar-refractivity contribution in [2.24, 2.45) is 5.16 Å². The van der Waals surface area contributed by atoms with Gasteiger partial charge in [-0.1, -0.05) is 41.0 Å². The zero-order valence-electron chi connectivity index (χ0n) is 12.9. The molecule has 0 aromatic heterocycles. The fourth-order valence-electron chi connectivity index (χ4n) is 2.43. The van der Waals surface area contributed by atoms with E-state index in [9.17, 15) is 4.79 Å². The molecule has 5 nitrogen and oxygen atoms in total. The Morgan fingerprint density at radius 3 is 2.88 bits per heavy atom. The van der Waals surface area contributed by atoms with Gasteiger partial charge in [-0.3, -0.25) is 4.79 Å². The first-order chi connectivity index (χ1) is 11.5. The van der Waals surface area contributed by atoms with Crippen LogP contribution in [0.25, 0.3) is 0 Å². The largest absolute Gasteiger partial charge is 0.379 e. The lowest BCUT2D eigenvalue weighted by Crippen LogP contribution is -2.40. The molecule has 1 aliphatic heterocycles. The van der Waals surface area contributed by atoms with Gasteiger partial charge in [-0.2, -0.15) is 5.26 Å². The van der Waals surface area contributed by atoms with E-state index >= 15 is 0 Å². The maximum atomic E-state index is 12.6. The van der Waals surface area contributed by atoms with Crippen molar-refractivity contribution in [3.8, 4) is 6.07 Å². The quantitative estimate of drug-likeness (QED) is 0.925. The number of nitrogens with one attached hydrogen (secondary N) is 1. The number of rotatable bonds is 3. The van der Waals surface area contributed by atoms with E-state index in [0.717, 1.165) is 5.56 Å². The maximum absolute atomic E-state index is 12.6. The predicted octanol–water partition coefficient (Wildman–Crippen LogP) is 3.73. The van der Waals surface area contributed by atoms with Crippen LogP contribution in [0.3, 0.4) is 0 Å². The van der Waals surface area contributed by atoms with Crippen LogP contribution in [-0.2, 0) is 9.63 Å². The first-order valence-electron chi connectivity index (χ1n) is 7.33. The first kappa shape index (κ1) is 16.0. The normalized spacial score (nSPS) is 19.1. The number of carbonyl (C=O) groups is 1. The minimum absolute atomic E-state index is 0.306. The van der Waals surface area contributed by atoms with Crippen LogP contribution in [0.5, 0.6) is 0 Å². The molecule has 0 spiro atoms. The highest BCUT2D eigenvalue weighted by Crippen LogP contribution is 2.30. The first-order valence-corrected chi connectivity index (χ1v) is 7.71. The molecule has 1 aliphatic rings. The molecule has 0 saturated carbocycles. The Morgan fingerprint density at radius 1 is 1.33 bits per heavy atom. The lowest BCUT2D eigenvalue weighted by Gasteiger charge is -2.20. The number of amides is 1. The molecule has 3 rings (SSSR count). The van der Waals surface area contributed by atoms with Gasteiger partial charge in [0.2, 0.25) is 5.60 Å². The van der Waals surface area contributed by atoms with Crippen LogP contribution >= 0.6 is 11.6 Å². The van der Waals surface area contributed by atoms with Crippen molar-refractivity contribution >= 4 is 28.9 Å². The van der Waals surface area contributed by atoms with Crippen molar-refractivity contribution in [2.45, 2.75) is 18.9 Å². The van der Waals surface area contributed by atoms with Crippen LogP contribution in [0.2, 0.25) is 5.02 Å². The number of hydrogen-bond donors (Lipinski definition) is 1. The van der Waals surface area contributed by atoms with Crippen molar-refractivity contribution in [1.29, 1.82) is 5.26 Å². The molecule has 6 heteroatoms. The van der Waals surface area contributed by atoms with Crippen molar-refractivity contribution in [3.05, 3.63) is 64.7 Å². The number of nitriles is 1. The predicted molar refractivity (Wildman–Crippen MR) is 91.9 cm³/mol. The average molecular weight is 340 g/mol. The summed E-state index contributed by atoms with van der Waals surface area (Å²) in [5.74, 6) is -0.330. The third-order valence-corrected chi connectivity index (χ3v) is 4.11. The molecule has 1 amide bonds. The Kier molecular flexibility index (Phi) is 4.24. The SMILES string of the molecule is C[C@@]1(C(=O)Nc2cccc(C#N)c2)CC(c2ccccc2Cl)=NO1. The molecule has 24 heavy (non-hydrogen) atoms. The zero-order chi connectivity index (χ0) is 17.2. The van der Waals surface area contributed by atoms with Gasteiger partial charge in [0.1, 0.15) is 0 Å². The van der Waals surface area contributed by atoms with Crippen molar-refractivity contribution in [2.75, 3.05) is 5.32 Å². The highest BCUT2D eigenvalue weighted by Gasteiger charge is 2.42. The van der Waals surface area contributed by atoms with E-state index in [2.05, 4.69) is 10.5 Å². The maximum Gasteiger partial charge on any atom is 0.271 e. The van der Waals surface area contributed by atoms with E-state index in [-0.39, 0.29) is 5.91 Å². The summed E-state index contributed by atoms with van der Waals surface area (Å²) >= 11 is 6.17. The van der Waals surface area contributed by atoms with Gasteiger partial charge in [-0.25, -0.2) is 0 Å². The number of halogens is 1. The van der Waals surface area contributed by atoms with E-state index in [0.29, 0.717) is 28.4 Å². The van der Waals surface area contributed by atoms with E-state index < -0.39 is 5.60 Å². The second kappa shape index (κ2) is 6.34. The van der Waals surface area contributed by atoms with Crippen LogP contribution in [0, 0.1) is 11.3 Å². The number of nitrogens with zero attached hydrogens (tertiary/aromatic N) is 2. The molecule has 1 N–H and O–H groups in total. The smallest absolute Gasteiger partial charge is 0.271 e. The van der Waals surface area contributed by atoms with Crippen LogP contribution in [0.15, 0.2) is 53.7 Å². The van der Waals surface area contributed by atoms with Crippen LogP contribution in [0.4, 0.5) is 5.69 Å². The summed E-state index contributed by atoms with van der Waals surface area (Å²) < 4.78 is 0. The molecule has 2 aromatic rings.